The maximum atomic E-state index is 11.5. The van der Waals surface area contributed by atoms with Crippen LogP contribution in [-0.4, -0.2) is 50.1 Å². The van der Waals surface area contributed by atoms with E-state index < -0.39 is 0 Å². The van der Waals surface area contributed by atoms with E-state index in [1.54, 1.807) is 7.05 Å². The van der Waals surface area contributed by atoms with Crippen molar-refractivity contribution < 1.29 is 9.32 Å². The first-order chi connectivity index (χ1) is 11.7. The third kappa shape index (κ3) is 3.81. The van der Waals surface area contributed by atoms with E-state index in [-0.39, 0.29) is 11.7 Å². The summed E-state index contributed by atoms with van der Waals surface area (Å²) in [6, 6.07) is 0.482. The lowest BCUT2D eigenvalue weighted by Crippen LogP contribution is -2.39. The molecule has 8 heteroatoms. The molecule has 0 unspecified atom stereocenters. The van der Waals surface area contributed by atoms with Gasteiger partial charge in [-0.2, -0.15) is 4.98 Å². The molecule has 1 atom stereocenters. The molecule has 1 N–H and O–H groups in total. The molecule has 1 aliphatic heterocycles. The van der Waals surface area contributed by atoms with Crippen LogP contribution < -0.4 is 5.32 Å². The Hall–Kier alpha value is -2.22. The van der Waals surface area contributed by atoms with Gasteiger partial charge in [0.15, 0.2) is 0 Å². The Morgan fingerprint density at radius 2 is 2.33 bits per heavy atom. The second-order valence-corrected chi connectivity index (χ2v) is 6.17. The molecule has 8 nitrogen and oxygen atoms in total. The van der Waals surface area contributed by atoms with Crippen molar-refractivity contribution in [1.82, 2.24) is 29.9 Å². The molecule has 1 aliphatic rings. The molecule has 1 amide bonds. The van der Waals surface area contributed by atoms with Crippen LogP contribution in [0.4, 0.5) is 0 Å². The van der Waals surface area contributed by atoms with Gasteiger partial charge in [0.25, 0.3) is 11.7 Å². The molecule has 3 heterocycles. The van der Waals surface area contributed by atoms with Gasteiger partial charge in [-0.1, -0.05) is 11.6 Å². The lowest BCUT2D eigenvalue weighted by atomic mass is 9.99. The first-order valence-electron chi connectivity index (χ1n) is 8.44. The van der Waals surface area contributed by atoms with E-state index >= 15 is 0 Å². The van der Waals surface area contributed by atoms with Crippen molar-refractivity contribution in [2.75, 3.05) is 13.6 Å². The number of carbonyl (C=O) groups excluding carboxylic acids is 1. The summed E-state index contributed by atoms with van der Waals surface area (Å²) in [7, 11) is 1.55. The third-order valence-electron chi connectivity index (χ3n) is 4.61. The van der Waals surface area contributed by atoms with E-state index in [0.717, 1.165) is 25.3 Å². The van der Waals surface area contributed by atoms with Gasteiger partial charge in [0.2, 0.25) is 5.89 Å². The topological polar surface area (TPSA) is 89.1 Å². The van der Waals surface area contributed by atoms with E-state index in [9.17, 15) is 4.79 Å². The van der Waals surface area contributed by atoms with Crippen LogP contribution in [0, 0.1) is 6.92 Å². The Morgan fingerprint density at radius 1 is 1.46 bits per heavy atom. The van der Waals surface area contributed by atoms with E-state index in [1.165, 1.54) is 19.3 Å². The highest BCUT2D eigenvalue weighted by molar-refractivity contribution is 5.89. The second-order valence-electron chi connectivity index (χ2n) is 6.17. The molecule has 24 heavy (non-hydrogen) atoms. The van der Waals surface area contributed by atoms with Gasteiger partial charge in [-0.25, -0.2) is 4.98 Å². The average molecular weight is 332 g/mol. The predicted octanol–water partition coefficient (Wildman–Crippen LogP) is 1.38. The third-order valence-corrected chi connectivity index (χ3v) is 4.61. The zero-order valence-electron chi connectivity index (χ0n) is 14.2. The molecule has 0 bridgehead atoms. The molecule has 0 radical (unpaired) electrons. The molecule has 2 aromatic heterocycles. The van der Waals surface area contributed by atoms with Crippen LogP contribution >= 0.6 is 0 Å². The molecule has 1 saturated heterocycles. The number of likely N-dealkylation sites (tertiary alicyclic amines) is 1. The van der Waals surface area contributed by atoms with Crippen LogP contribution in [0.15, 0.2) is 16.9 Å². The van der Waals surface area contributed by atoms with Crippen LogP contribution in [0.1, 0.15) is 48.0 Å². The van der Waals surface area contributed by atoms with Crippen molar-refractivity contribution in [3.05, 3.63) is 29.9 Å². The zero-order valence-corrected chi connectivity index (χ0v) is 14.2. The van der Waals surface area contributed by atoms with Crippen LogP contribution in [0.3, 0.4) is 0 Å². The Morgan fingerprint density at radius 3 is 3.08 bits per heavy atom. The van der Waals surface area contributed by atoms with Crippen LogP contribution in [0.25, 0.3) is 0 Å². The normalized spacial score (nSPS) is 18.7. The van der Waals surface area contributed by atoms with Crippen molar-refractivity contribution in [1.29, 1.82) is 0 Å². The van der Waals surface area contributed by atoms with Gasteiger partial charge in [-0.15, -0.1) is 0 Å². The minimum Gasteiger partial charge on any atom is -0.352 e. The number of nitrogens with one attached hydrogen (secondary N) is 1. The SMILES string of the molecule is CNC(=O)c1noc(CN2CCCC[C@@H]2CCn2ccnc2C)n1. The highest BCUT2D eigenvalue weighted by atomic mass is 16.5. The summed E-state index contributed by atoms with van der Waals surface area (Å²) in [5, 5.41) is 6.24. The highest BCUT2D eigenvalue weighted by Gasteiger charge is 2.25. The molecule has 2 aromatic rings. The predicted molar refractivity (Wildman–Crippen MR) is 87.3 cm³/mol. The maximum absolute atomic E-state index is 11.5. The standard InChI is InChI=1S/C16H24N6O2/c1-12-18-7-10-21(12)9-6-13-5-3-4-8-22(13)11-14-19-15(20-24-14)16(23)17-2/h7,10,13H,3-6,8-9,11H2,1-2H3,(H,17,23)/t13-/m1/s1. The van der Waals surface area contributed by atoms with Gasteiger partial charge in [-0.3, -0.25) is 9.69 Å². The number of aromatic nitrogens is 4. The molecule has 3 rings (SSSR count). The Labute approximate surface area is 141 Å². The number of carbonyl (C=O) groups is 1. The molecular weight excluding hydrogens is 308 g/mol. The lowest BCUT2D eigenvalue weighted by molar-refractivity contribution is 0.0949. The first kappa shape index (κ1) is 16.6. The van der Waals surface area contributed by atoms with E-state index in [0.29, 0.717) is 18.5 Å². The number of piperidine rings is 1. The summed E-state index contributed by atoms with van der Waals surface area (Å²) in [5.74, 6) is 1.31. The van der Waals surface area contributed by atoms with Crippen molar-refractivity contribution in [3.8, 4) is 0 Å². The van der Waals surface area contributed by atoms with Gasteiger partial charge in [0.05, 0.1) is 6.54 Å². The first-order valence-corrected chi connectivity index (χ1v) is 8.44. The molecule has 1 fully saturated rings. The quantitative estimate of drug-likeness (QED) is 0.859. The van der Waals surface area contributed by atoms with Crippen molar-refractivity contribution in [2.45, 2.75) is 51.7 Å². The summed E-state index contributed by atoms with van der Waals surface area (Å²) < 4.78 is 7.41. The molecular formula is C16H24N6O2. The Bertz CT molecular complexity index is 680. The van der Waals surface area contributed by atoms with Crippen LogP contribution in [0.5, 0.6) is 0 Å². The fourth-order valence-electron chi connectivity index (χ4n) is 3.22. The molecule has 0 aromatic carbocycles. The van der Waals surface area contributed by atoms with Crippen molar-refractivity contribution in [3.63, 3.8) is 0 Å². The number of aryl methyl sites for hydroxylation is 2. The van der Waals surface area contributed by atoms with Crippen molar-refractivity contribution in [2.24, 2.45) is 0 Å². The number of imidazole rings is 1. The molecule has 0 aliphatic carbocycles. The fraction of sp³-hybridized carbons (Fsp3) is 0.625. The minimum absolute atomic E-state index is 0.0927. The fourth-order valence-corrected chi connectivity index (χ4v) is 3.22. The number of hydrogen-bond donors (Lipinski definition) is 1. The summed E-state index contributed by atoms with van der Waals surface area (Å²) in [4.78, 5) is 22.4. The van der Waals surface area contributed by atoms with Gasteiger partial charge in [-0.05, 0) is 32.7 Å². The maximum Gasteiger partial charge on any atom is 0.292 e. The molecule has 130 valence electrons. The summed E-state index contributed by atoms with van der Waals surface area (Å²) >= 11 is 0. The number of rotatable bonds is 6. The number of nitrogens with zero attached hydrogens (tertiary/aromatic N) is 5. The number of hydrogen-bond acceptors (Lipinski definition) is 6. The Balaban J connectivity index is 1.60. The molecule has 0 saturated carbocycles. The van der Waals surface area contributed by atoms with E-state index in [4.69, 9.17) is 4.52 Å². The van der Waals surface area contributed by atoms with E-state index in [2.05, 4.69) is 29.9 Å². The summed E-state index contributed by atoms with van der Waals surface area (Å²) in [6.07, 6.45) is 8.52. The van der Waals surface area contributed by atoms with Gasteiger partial charge >= 0.3 is 0 Å². The highest BCUT2D eigenvalue weighted by Crippen LogP contribution is 2.22. The smallest absolute Gasteiger partial charge is 0.292 e. The minimum atomic E-state index is -0.323. The van der Waals surface area contributed by atoms with E-state index in [1.807, 2.05) is 19.3 Å². The lowest BCUT2D eigenvalue weighted by Gasteiger charge is -2.34. The summed E-state index contributed by atoms with van der Waals surface area (Å²) in [5.41, 5.74) is 0. The second kappa shape index (κ2) is 7.57. The Kier molecular flexibility index (Phi) is 5.24. The van der Waals surface area contributed by atoms with Gasteiger partial charge in [0, 0.05) is 32.0 Å². The average Bonchev–Trinajstić information content (AvgIpc) is 3.22. The van der Waals surface area contributed by atoms with Crippen LogP contribution in [0.2, 0.25) is 0 Å². The van der Waals surface area contributed by atoms with Gasteiger partial charge in [0.1, 0.15) is 5.82 Å². The zero-order chi connectivity index (χ0) is 16.9. The van der Waals surface area contributed by atoms with Crippen LogP contribution in [-0.2, 0) is 13.1 Å². The molecule has 0 spiro atoms. The number of amides is 1. The summed E-state index contributed by atoms with van der Waals surface area (Å²) in [6.45, 7) is 4.60. The largest absolute Gasteiger partial charge is 0.352 e. The monoisotopic (exact) mass is 332 g/mol. The van der Waals surface area contributed by atoms with Gasteiger partial charge < -0.3 is 14.4 Å². The van der Waals surface area contributed by atoms with Crippen molar-refractivity contribution >= 4 is 5.91 Å².